The number of nitrogens with two attached hydrogens (primary N) is 1. The Hall–Kier alpha value is -1.51. The Morgan fingerprint density at radius 2 is 1.87 bits per heavy atom. The molecule has 0 saturated carbocycles. The van der Waals surface area contributed by atoms with Crippen LogP contribution in [-0.4, -0.2) is 24.0 Å². The van der Waals surface area contributed by atoms with Crippen LogP contribution in [0.2, 0.25) is 5.02 Å². The highest BCUT2D eigenvalue weighted by molar-refractivity contribution is 6.30. The molecule has 1 aliphatic rings. The zero-order valence-corrected chi connectivity index (χ0v) is 14.3. The van der Waals surface area contributed by atoms with Gasteiger partial charge in [0.25, 0.3) is 0 Å². The van der Waals surface area contributed by atoms with Crippen LogP contribution in [0.5, 0.6) is 0 Å². The first-order valence-corrected chi connectivity index (χ1v) is 8.91. The molecule has 1 unspecified atom stereocenters. The summed E-state index contributed by atoms with van der Waals surface area (Å²) in [5.41, 5.74) is 9.46. The summed E-state index contributed by atoms with van der Waals surface area (Å²) in [7, 11) is 0. The largest absolute Gasteiger partial charge is 0.399 e. The Morgan fingerprint density at radius 3 is 2.65 bits per heavy atom. The van der Waals surface area contributed by atoms with E-state index in [4.69, 9.17) is 17.3 Å². The molecule has 1 saturated heterocycles. The number of benzene rings is 2. The van der Waals surface area contributed by atoms with E-state index in [1.807, 2.05) is 24.3 Å². The van der Waals surface area contributed by atoms with Crippen molar-refractivity contribution in [2.24, 2.45) is 0 Å². The standard InChI is InChI=1S/C20H25ClN2/c21-18-9-7-17(8-10-18)15-20-6-1-2-12-23(20)13-11-16-4-3-5-19(22)14-16/h3-5,7-10,14,20H,1-2,6,11-13,15,22H2. The van der Waals surface area contributed by atoms with Gasteiger partial charge < -0.3 is 5.73 Å². The molecular formula is C20H25ClN2. The number of nitrogens with zero attached hydrogens (tertiary/aromatic N) is 1. The Bertz CT molecular complexity index is 624. The third kappa shape index (κ3) is 4.73. The number of nitrogen functional groups attached to an aromatic ring is 1. The van der Waals surface area contributed by atoms with E-state index < -0.39 is 0 Å². The minimum atomic E-state index is 0.644. The fraction of sp³-hybridized carbons (Fsp3) is 0.400. The highest BCUT2D eigenvalue weighted by atomic mass is 35.5. The van der Waals surface area contributed by atoms with E-state index in [-0.39, 0.29) is 0 Å². The van der Waals surface area contributed by atoms with Crippen LogP contribution in [0.4, 0.5) is 5.69 Å². The number of likely N-dealkylation sites (tertiary alicyclic amines) is 1. The van der Waals surface area contributed by atoms with Crippen LogP contribution < -0.4 is 5.73 Å². The van der Waals surface area contributed by atoms with Crippen molar-refractivity contribution in [1.82, 2.24) is 4.90 Å². The van der Waals surface area contributed by atoms with Gasteiger partial charge in [0.1, 0.15) is 0 Å². The normalized spacial score (nSPS) is 18.9. The van der Waals surface area contributed by atoms with Crippen LogP contribution in [0.15, 0.2) is 48.5 Å². The van der Waals surface area contributed by atoms with Crippen molar-refractivity contribution in [3.63, 3.8) is 0 Å². The molecule has 0 radical (unpaired) electrons. The smallest absolute Gasteiger partial charge is 0.0406 e. The molecule has 122 valence electrons. The lowest BCUT2D eigenvalue weighted by molar-refractivity contribution is 0.149. The second-order valence-electron chi connectivity index (χ2n) is 6.51. The van der Waals surface area contributed by atoms with Crippen LogP contribution in [0.3, 0.4) is 0 Å². The van der Waals surface area contributed by atoms with Gasteiger partial charge >= 0.3 is 0 Å². The lowest BCUT2D eigenvalue weighted by Crippen LogP contribution is -2.42. The van der Waals surface area contributed by atoms with Gasteiger partial charge in [0.2, 0.25) is 0 Å². The van der Waals surface area contributed by atoms with Gasteiger partial charge in [-0.1, -0.05) is 42.3 Å². The summed E-state index contributed by atoms with van der Waals surface area (Å²) in [6.45, 7) is 2.32. The van der Waals surface area contributed by atoms with Crippen molar-refractivity contribution in [2.45, 2.75) is 38.1 Å². The fourth-order valence-corrected chi connectivity index (χ4v) is 3.63. The van der Waals surface area contributed by atoms with Crippen LogP contribution in [-0.2, 0) is 12.8 Å². The molecule has 0 spiro atoms. The Kier molecular flexibility index (Phi) is 5.58. The van der Waals surface area contributed by atoms with Crippen molar-refractivity contribution >= 4 is 17.3 Å². The van der Waals surface area contributed by atoms with Crippen LogP contribution in [0.25, 0.3) is 0 Å². The van der Waals surface area contributed by atoms with Gasteiger partial charge in [-0.05, 0) is 67.6 Å². The van der Waals surface area contributed by atoms with E-state index in [9.17, 15) is 0 Å². The fourth-order valence-electron chi connectivity index (χ4n) is 3.50. The summed E-state index contributed by atoms with van der Waals surface area (Å²) in [5, 5.41) is 0.816. The van der Waals surface area contributed by atoms with Crippen molar-refractivity contribution in [1.29, 1.82) is 0 Å². The van der Waals surface area contributed by atoms with E-state index in [1.54, 1.807) is 0 Å². The molecule has 1 heterocycles. The van der Waals surface area contributed by atoms with Gasteiger partial charge in [0, 0.05) is 23.3 Å². The molecular weight excluding hydrogens is 304 g/mol. The van der Waals surface area contributed by atoms with Crippen molar-refractivity contribution in [3.05, 3.63) is 64.7 Å². The maximum Gasteiger partial charge on any atom is 0.0406 e. The molecule has 1 atom stereocenters. The molecule has 3 rings (SSSR count). The van der Waals surface area contributed by atoms with Gasteiger partial charge in [-0.15, -0.1) is 0 Å². The molecule has 0 aromatic heterocycles. The Balaban J connectivity index is 1.60. The first kappa shape index (κ1) is 16.4. The molecule has 3 heteroatoms. The number of hydrogen-bond acceptors (Lipinski definition) is 2. The maximum absolute atomic E-state index is 5.99. The summed E-state index contributed by atoms with van der Waals surface area (Å²) in [6.07, 6.45) is 6.14. The molecule has 2 aromatic rings. The summed E-state index contributed by atoms with van der Waals surface area (Å²) in [6, 6.07) is 17.2. The zero-order chi connectivity index (χ0) is 16.1. The molecule has 0 amide bonds. The van der Waals surface area contributed by atoms with Crippen molar-refractivity contribution in [2.75, 3.05) is 18.8 Å². The highest BCUT2D eigenvalue weighted by Crippen LogP contribution is 2.22. The first-order chi connectivity index (χ1) is 11.2. The summed E-state index contributed by atoms with van der Waals surface area (Å²) in [4.78, 5) is 2.65. The third-order valence-electron chi connectivity index (χ3n) is 4.77. The summed E-state index contributed by atoms with van der Waals surface area (Å²) < 4.78 is 0. The second-order valence-corrected chi connectivity index (χ2v) is 6.95. The molecule has 1 fully saturated rings. The van der Waals surface area contributed by atoms with E-state index in [1.165, 1.54) is 36.9 Å². The van der Waals surface area contributed by atoms with E-state index in [0.717, 1.165) is 30.1 Å². The van der Waals surface area contributed by atoms with Crippen molar-refractivity contribution in [3.8, 4) is 0 Å². The molecule has 2 N–H and O–H groups in total. The number of piperidine rings is 1. The van der Waals surface area contributed by atoms with Gasteiger partial charge in [0.05, 0.1) is 0 Å². The van der Waals surface area contributed by atoms with Gasteiger partial charge in [0.15, 0.2) is 0 Å². The Labute approximate surface area is 144 Å². The van der Waals surface area contributed by atoms with Gasteiger partial charge in [-0.3, -0.25) is 4.90 Å². The first-order valence-electron chi connectivity index (χ1n) is 8.53. The Morgan fingerprint density at radius 1 is 1.04 bits per heavy atom. The summed E-state index contributed by atoms with van der Waals surface area (Å²) >= 11 is 5.99. The zero-order valence-electron chi connectivity index (χ0n) is 13.5. The minimum Gasteiger partial charge on any atom is -0.399 e. The average molecular weight is 329 g/mol. The number of halogens is 1. The highest BCUT2D eigenvalue weighted by Gasteiger charge is 2.22. The lowest BCUT2D eigenvalue weighted by atomic mass is 9.95. The van der Waals surface area contributed by atoms with E-state index in [0.29, 0.717) is 6.04 Å². The van der Waals surface area contributed by atoms with E-state index >= 15 is 0 Å². The minimum absolute atomic E-state index is 0.644. The molecule has 2 nitrogen and oxygen atoms in total. The third-order valence-corrected chi connectivity index (χ3v) is 5.02. The number of hydrogen-bond donors (Lipinski definition) is 1. The van der Waals surface area contributed by atoms with Crippen molar-refractivity contribution < 1.29 is 0 Å². The molecule has 1 aliphatic heterocycles. The second kappa shape index (κ2) is 7.85. The molecule has 0 aliphatic carbocycles. The average Bonchev–Trinajstić information content (AvgIpc) is 2.56. The van der Waals surface area contributed by atoms with Gasteiger partial charge in [-0.2, -0.15) is 0 Å². The van der Waals surface area contributed by atoms with Gasteiger partial charge in [-0.25, -0.2) is 0 Å². The van der Waals surface area contributed by atoms with Crippen LogP contribution >= 0.6 is 11.6 Å². The monoisotopic (exact) mass is 328 g/mol. The van der Waals surface area contributed by atoms with Crippen LogP contribution in [0, 0.1) is 0 Å². The molecule has 2 aromatic carbocycles. The number of anilines is 1. The van der Waals surface area contributed by atoms with Crippen LogP contribution in [0.1, 0.15) is 30.4 Å². The lowest BCUT2D eigenvalue weighted by Gasteiger charge is -2.36. The summed E-state index contributed by atoms with van der Waals surface area (Å²) in [5.74, 6) is 0. The number of rotatable bonds is 5. The maximum atomic E-state index is 5.99. The predicted octanol–water partition coefficient (Wildman–Crippen LogP) is 4.56. The molecule has 23 heavy (non-hydrogen) atoms. The SMILES string of the molecule is Nc1cccc(CCN2CCCCC2Cc2ccc(Cl)cc2)c1. The van der Waals surface area contributed by atoms with E-state index in [2.05, 4.69) is 29.2 Å². The quantitative estimate of drug-likeness (QED) is 0.815. The molecule has 0 bridgehead atoms. The topological polar surface area (TPSA) is 29.3 Å². The predicted molar refractivity (Wildman–Crippen MR) is 98.9 cm³/mol.